The lowest BCUT2D eigenvalue weighted by Gasteiger charge is -2.23. The van der Waals surface area contributed by atoms with Gasteiger partial charge in [-0.05, 0) is 42.2 Å². The molecule has 6 nitrogen and oxygen atoms in total. The van der Waals surface area contributed by atoms with Crippen molar-refractivity contribution in [1.29, 1.82) is 0 Å². The van der Waals surface area contributed by atoms with Crippen LogP contribution in [0.2, 0.25) is 0 Å². The van der Waals surface area contributed by atoms with Gasteiger partial charge < -0.3 is 19.3 Å². The summed E-state index contributed by atoms with van der Waals surface area (Å²) in [5.41, 5.74) is -0.451. The van der Waals surface area contributed by atoms with Crippen molar-refractivity contribution in [1.82, 2.24) is 0 Å². The van der Waals surface area contributed by atoms with E-state index < -0.39 is 5.97 Å². The van der Waals surface area contributed by atoms with Gasteiger partial charge in [0.15, 0.2) is 0 Å². The van der Waals surface area contributed by atoms with E-state index in [4.69, 9.17) is 19.3 Å². The van der Waals surface area contributed by atoms with Crippen molar-refractivity contribution in [3.63, 3.8) is 0 Å². The maximum atomic E-state index is 12.1. The molecule has 0 aliphatic heterocycles. The van der Waals surface area contributed by atoms with Crippen LogP contribution in [0.5, 0.6) is 5.75 Å². The number of hydrogen-bond acceptors (Lipinski definition) is 5. The molecule has 0 aliphatic carbocycles. The molecular weight excluding hydrogens is 372 g/mol. The first-order chi connectivity index (χ1) is 13.6. The minimum Gasteiger partial charge on any atom is -0.481 e. The molecule has 6 heteroatoms. The fourth-order valence-corrected chi connectivity index (χ4v) is 2.80. The van der Waals surface area contributed by atoms with Gasteiger partial charge in [-0.1, -0.05) is 45.9 Å². The van der Waals surface area contributed by atoms with Gasteiger partial charge in [0.2, 0.25) is 0 Å². The van der Waals surface area contributed by atoms with Gasteiger partial charge in [-0.25, -0.2) is 0 Å². The molecule has 1 N–H and O–H groups in total. The Bertz CT molecular complexity index is 609. The van der Waals surface area contributed by atoms with Crippen LogP contribution < -0.4 is 4.74 Å². The molecule has 0 aliphatic rings. The van der Waals surface area contributed by atoms with E-state index in [1.807, 2.05) is 45.9 Å². The molecule has 1 aromatic rings. The number of rotatable bonds is 15. The largest absolute Gasteiger partial charge is 0.481 e. The van der Waals surface area contributed by atoms with Crippen LogP contribution >= 0.6 is 0 Å². The first-order valence-electron chi connectivity index (χ1n) is 10.2. The summed E-state index contributed by atoms with van der Waals surface area (Å²) in [4.78, 5) is 22.9. The Balaban J connectivity index is 2.07. The summed E-state index contributed by atoms with van der Waals surface area (Å²) in [5, 5.41) is 8.86. The number of ether oxygens (including phenoxy) is 3. The molecule has 0 aromatic heterocycles. The smallest absolute Gasteiger partial charge is 0.311 e. The summed E-state index contributed by atoms with van der Waals surface area (Å²) in [5.74, 6) is -0.448. The summed E-state index contributed by atoms with van der Waals surface area (Å²) >= 11 is 0. The molecule has 0 spiro atoms. The zero-order valence-electron chi connectivity index (χ0n) is 18.2. The molecule has 0 saturated heterocycles. The number of benzene rings is 1. The van der Waals surface area contributed by atoms with E-state index in [-0.39, 0.29) is 23.2 Å². The highest BCUT2D eigenvalue weighted by molar-refractivity contribution is 5.73. The predicted octanol–water partition coefficient (Wildman–Crippen LogP) is 4.71. The van der Waals surface area contributed by atoms with E-state index in [9.17, 15) is 9.59 Å². The van der Waals surface area contributed by atoms with Gasteiger partial charge >= 0.3 is 11.9 Å². The number of aliphatic carboxylic acids is 1. The number of carbonyl (C=O) groups is 2. The fourth-order valence-electron chi connectivity index (χ4n) is 2.80. The quantitative estimate of drug-likeness (QED) is 0.257. The topological polar surface area (TPSA) is 82.1 Å². The molecule has 1 rings (SSSR count). The number of hydrogen-bond donors (Lipinski definition) is 1. The van der Waals surface area contributed by atoms with E-state index >= 15 is 0 Å². The predicted molar refractivity (Wildman–Crippen MR) is 112 cm³/mol. The maximum Gasteiger partial charge on any atom is 0.311 e. The van der Waals surface area contributed by atoms with Gasteiger partial charge in [0.25, 0.3) is 0 Å². The summed E-state index contributed by atoms with van der Waals surface area (Å²) in [6.45, 7) is 10.3. The number of esters is 1. The maximum absolute atomic E-state index is 12.1. The van der Waals surface area contributed by atoms with Crippen LogP contribution in [-0.2, 0) is 19.1 Å². The van der Waals surface area contributed by atoms with Gasteiger partial charge in [0.05, 0.1) is 12.8 Å². The second kappa shape index (κ2) is 12.6. The van der Waals surface area contributed by atoms with Crippen LogP contribution in [0.1, 0.15) is 59.8 Å². The SMILES string of the molecule is CC(C)(CCOCCCOCCC(C)(C)CC(=O)Oc1ccccc1)CC(=O)O. The van der Waals surface area contributed by atoms with Crippen LogP contribution in [-0.4, -0.2) is 43.5 Å². The summed E-state index contributed by atoms with van der Waals surface area (Å²) in [6, 6.07) is 9.08. The average molecular weight is 409 g/mol. The summed E-state index contributed by atoms with van der Waals surface area (Å²) in [7, 11) is 0. The van der Waals surface area contributed by atoms with E-state index in [2.05, 4.69) is 0 Å². The van der Waals surface area contributed by atoms with Crippen LogP contribution in [0.15, 0.2) is 30.3 Å². The third-order valence-corrected chi connectivity index (χ3v) is 4.65. The Kier molecular flexibility index (Phi) is 10.9. The second-order valence-electron chi connectivity index (χ2n) is 8.94. The lowest BCUT2D eigenvalue weighted by Crippen LogP contribution is -2.22. The van der Waals surface area contributed by atoms with E-state index in [1.165, 1.54) is 0 Å². The molecule has 0 fully saturated rings. The third kappa shape index (κ3) is 13.0. The number of para-hydroxylation sites is 1. The van der Waals surface area contributed by atoms with Crippen molar-refractivity contribution < 1.29 is 28.9 Å². The molecule has 0 saturated carbocycles. The minimum atomic E-state index is -0.778. The Morgan fingerprint density at radius 3 is 1.86 bits per heavy atom. The lowest BCUT2D eigenvalue weighted by atomic mass is 9.86. The van der Waals surface area contributed by atoms with Gasteiger partial charge in [-0.2, -0.15) is 0 Å². The Hall–Kier alpha value is -1.92. The highest BCUT2D eigenvalue weighted by atomic mass is 16.5. The second-order valence-corrected chi connectivity index (χ2v) is 8.94. The Morgan fingerprint density at radius 2 is 1.34 bits per heavy atom. The monoisotopic (exact) mass is 408 g/mol. The van der Waals surface area contributed by atoms with Gasteiger partial charge in [-0.15, -0.1) is 0 Å². The first-order valence-corrected chi connectivity index (χ1v) is 10.2. The zero-order valence-corrected chi connectivity index (χ0v) is 18.2. The molecule has 0 bridgehead atoms. The van der Waals surface area contributed by atoms with Crippen LogP contribution in [0.4, 0.5) is 0 Å². The third-order valence-electron chi connectivity index (χ3n) is 4.65. The minimum absolute atomic E-state index is 0.147. The molecular formula is C23H36O6. The fraction of sp³-hybridized carbons (Fsp3) is 0.652. The number of carboxylic acid groups (broad SMARTS) is 1. The van der Waals surface area contributed by atoms with Crippen molar-refractivity contribution in [2.45, 2.75) is 59.8 Å². The van der Waals surface area contributed by atoms with Gasteiger partial charge in [0, 0.05) is 26.4 Å². The number of carboxylic acids is 1. The van der Waals surface area contributed by atoms with Crippen molar-refractivity contribution in [3.8, 4) is 5.75 Å². The molecule has 0 radical (unpaired) electrons. The molecule has 164 valence electrons. The molecule has 29 heavy (non-hydrogen) atoms. The van der Waals surface area contributed by atoms with Crippen molar-refractivity contribution in [2.75, 3.05) is 26.4 Å². The average Bonchev–Trinajstić information content (AvgIpc) is 2.59. The molecule has 0 amide bonds. The normalized spacial score (nSPS) is 12.0. The zero-order chi connectivity index (χ0) is 21.8. The van der Waals surface area contributed by atoms with Crippen molar-refractivity contribution in [2.24, 2.45) is 10.8 Å². The van der Waals surface area contributed by atoms with Crippen LogP contribution in [0.25, 0.3) is 0 Å². The van der Waals surface area contributed by atoms with Gasteiger partial charge in [-0.3, -0.25) is 9.59 Å². The lowest BCUT2D eigenvalue weighted by molar-refractivity contribution is -0.139. The van der Waals surface area contributed by atoms with Crippen molar-refractivity contribution >= 4 is 11.9 Å². The molecule has 0 heterocycles. The standard InChI is InChI=1S/C23H36O6/c1-22(2,17-20(24)25)11-15-27-13-8-14-28-16-12-23(3,4)18-21(26)29-19-9-6-5-7-10-19/h5-7,9-10H,8,11-18H2,1-4H3,(H,24,25). The molecule has 0 atom stereocenters. The Morgan fingerprint density at radius 1 is 0.828 bits per heavy atom. The summed E-state index contributed by atoms with van der Waals surface area (Å²) in [6.07, 6.45) is 2.75. The van der Waals surface area contributed by atoms with Crippen LogP contribution in [0.3, 0.4) is 0 Å². The molecule has 0 unspecified atom stereocenters. The van der Waals surface area contributed by atoms with Gasteiger partial charge in [0.1, 0.15) is 5.75 Å². The van der Waals surface area contributed by atoms with E-state index in [0.717, 1.165) is 12.8 Å². The summed E-state index contributed by atoms with van der Waals surface area (Å²) < 4.78 is 16.6. The molecule has 1 aromatic carbocycles. The number of carbonyl (C=O) groups excluding carboxylic acids is 1. The van der Waals surface area contributed by atoms with E-state index in [0.29, 0.717) is 45.0 Å². The highest BCUT2D eigenvalue weighted by Gasteiger charge is 2.23. The van der Waals surface area contributed by atoms with Crippen molar-refractivity contribution in [3.05, 3.63) is 30.3 Å². The first kappa shape index (κ1) is 25.1. The highest BCUT2D eigenvalue weighted by Crippen LogP contribution is 2.26. The Labute approximate surface area is 174 Å². The van der Waals surface area contributed by atoms with Crippen LogP contribution in [0, 0.1) is 10.8 Å². The van der Waals surface area contributed by atoms with E-state index in [1.54, 1.807) is 12.1 Å².